The maximum Gasteiger partial charge on any atom is 0.220 e. The van der Waals surface area contributed by atoms with Crippen LogP contribution in [0.2, 0.25) is 0 Å². The van der Waals surface area contributed by atoms with Gasteiger partial charge in [-0.05, 0) is 74.3 Å². The van der Waals surface area contributed by atoms with Crippen LogP contribution in [0.1, 0.15) is 68.0 Å². The summed E-state index contributed by atoms with van der Waals surface area (Å²) >= 11 is 0. The Hall–Kier alpha value is -3.10. The average molecular weight is 513 g/mol. The second kappa shape index (κ2) is 14.0. The smallest absolute Gasteiger partial charge is 0.220 e. The van der Waals surface area contributed by atoms with Crippen molar-refractivity contribution in [3.63, 3.8) is 0 Å². The Balaban J connectivity index is 0.00000380. The molecule has 0 aromatic heterocycles. The molecule has 2 aliphatic heterocycles. The van der Waals surface area contributed by atoms with Gasteiger partial charge in [0.15, 0.2) is 17.3 Å². The predicted molar refractivity (Wildman–Crippen MR) is 143 cm³/mol. The van der Waals surface area contributed by atoms with E-state index in [1.165, 1.54) is 0 Å². The zero-order chi connectivity index (χ0) is 25.3. The number of nitrogens with zero attached hydrogens (tertiary/aromatic N) is 1. The monoisotopic (exact) mass is 512 g/mol. The number of ether oxygens (including phenoxy) is 3. The van der Waals surface area contributed by atoms with Crippen molar-refractivity contribution in [2.75, 3.05) is 40.0 Å². The number of rotatable bonds is 13. The predicted octanol–water partition coefficient (Wildman–Crippen LogP) is 4.16. The summed E-state index contributed by atoms with van der Waals surface area (Å²) in [6.45, 7) is 3.53. The molecular formula is C29H40N2O6. The Kier molecular flexibility index (Phi) is 10.8. The summed E-state index contributed by atoms with van der Waals surface area (Å²) in [7, 11) is 1.60. The number of aliphatic hydroxyl groups excluding tert-OH is 1. The van der Waals surface area contributed by atoms with E-state index in [-0.39, 0.29) is 19.1 Å². The SMILES string of the molecule is C.COc1ccc(C(=O)CCCCCC(=O)N[C@H](CN2CCC2)[C@H](O)c2ccc3c(c2)OCCO3)cc1. The second-order valence-corrected chi connectivity index (χ2v) is 9.39. The normalized spacial score (nSPS) is 16.1. The molecule has 2 aliphatic rings. The van der Waals surface area contributed by atoms with Gasteiger partial charge in [-0.15, -0.1) is 0 Å². The van der Waals surface area contributed by atoms with Gasteiger partial charge in [-0.2, -0.15) is 0 Å². The van der Waals surface area contributed by atoms with Crippen LogP contribution in [0.4, 0.5) is 0 Å². The summed E-state index contributed by atoms with van der Waals surface area (Å²) in [6, 6.07) is 12.1. The molecule has 1 saturated heterocycles. The summed E-state index contributed by atoms with van der Waals surface area (Å²) in [5.74, 6) is 2.03. The third-order valence-electron chi connectivity index (χ3n) is 6.76. The van der Waals surface area contributed by atoms with Crippen molar-refractivity contribution >= 4 is 11.7 Å². The van der Waals surface area contributed by atoms with E-state index >= 15 is 0 Å². The number of methoxy groups -OCH3 is 1. The van der Waals surface area contributed by atoms with Gasteiger partial charge in [-0.1, -0.05) is 19.9 Å². The van der Waals surface area contributed by atoms with Crippen LogP contribution < -0.4 is 19.5 Å². The van der Waals surface area contributed by atoms with Gasteiger partial charge >= 0.3 is 0 Å². The van der Waals surface area contributed by atoms with Crippen LogP contribution in [0.25, 0.3) is 0 Å². The van der Waals surface area contributed by atoms with Crippen molar-refractivity contribution in [1.82, 2.24) is 10.2 Å². The van der Waals surface area contributed by atoms with Crippen molar-refractivity contribution in [2.45, 2.75) is 58.1 Å². The minimum absolute atomic E-state index is 0. The number of carbonyl (C=O) groups is 2. The zero-order valence-corrected chi connectivity index (χ0v) is 20.9. The maximum absolute atomic E-state index is 12.7. The lowest BCUT2D eigenvalue weighted by Gasteiger charge is -2.36. The number of Topliss-reactive ketones (excluding diaryl/α,β-unsaturated/α-hetero) is 1. The fraction of sp³-hybridized carbons (Fsp3) is 0.517. The van der Waals surface area contributed by atoms with Crippen molar-refractivity contribution in [1.29, 1.82) is 0 Å². The molecule has 2 N–H and O–H groups in total. The van der Waals surface area contributed by atoms with Crippen LogP contribution in [0, 0.1) is 0 Å². The molecule has 0 spiro atoms. The maximum atomic E-state index is 12.7. The number of likely N-dealkylation sites (tertiary alicyclic amines) is 1. The number of unbranched alkanes of at least 4 members (excludes halogenated alkanes) is 2. The number of benzene rings is 2. The van der Waals surface area contributed by atoms with Crippen LogP contribution in [-0.4, -0.2) is 67.7 Å². The van der Waals surface area contributed by atoms with Gasteiger partial charge in [0, 0.05) is 24.9 Å². The summed E-state index contributed by atoms with van der Waals surface area (Å²) in [5, 5.41) is 14.2. The van der Waals surface area contributed by atoms with Gasteiger partial charge in [-0.3, -0.25) is 9.59 Å². The van der Waals surface area contributed by atoms with E-state index in [9.17, 15) is 14.7 Å². The third-order valence-corrected chi connectivity index (χ3v) is 6.76. The van der Waals surface area contributed by atoms with E-state index in [4.69, 9.17) is 14.2 Å². The quantitative estimate of drug-likeness (QED) is 0.307. The number of hydrogen-bond donors (Lipinski definition) is 2. The highest BCUT2D eigenvalue weighted by Crippen LogP contribution is 2.33. The molecule has 2 heterocycles. The van der Waals surface area contributed by atoms with E-state index in [0.717, 1.165) is 38.1 Å². The molecule has 202 valence electrons. The van der Waals surface area contributed by atoms with Crippen molar-refractivity contribution < 1.29 is 28.9 Å². The number of nitrogens with one attached hydrogen (secondary N) is 1. The Labute approximate surface area is 219 Å². The van der Waals surface area contributed by atoms with Gasteiger partial charge in [-0.25, -0.2) is 0 Å². The first-order chi connectivity index (χ1) is 17.5. The summed E-state index contributed by atoms with van der Waals surface area (Å²) < 4.78 is 16.4. The minimum atomic E-state index is -0.854. The van der Waals surface area contributed by atoms with Crippen LogP contribution in [-0.2, 0) is 4.79 Å². The third kappa shape index (κ3) is 7.94. The van der Waals surface area contributed by atoms with Gasteiger partial charge in [0.05, 0.1) is 13.2 Å². The number of amides is 1. The van der Waals surface area contributed by atoms with Gasteiger partial charge in [0.2, 0.25) is 5.91 Å². The Morgan fingerprint density at radius 1 is 1.00 bits per heavy atom. The first-order valence-corrected chi connectivity index (χ1v) is 12.8. The van der Waals surface area contributed by atoms with E-state index in [1.54, 1.807) is 37.4 Å². The standard InChI is InChI=1S/C28H36N2O6.CH4/c1-34-22-11-8-20(9-12-22)24(31)6-3-2-4-7-27(32)29-23(19-30-14-5-15-30)28(33)21-10-13-25-26(18-21)36-17-16-35-25;/h8-13,18,23,28,33H,2-7,14-17,19H2,1H3,(H,29,32);1H4/t23-,28-;/m1./s1. The molecule has 2 aromatic rings. The molecule has 0 saturated carbocycles. The lowest BCUT2D eigenvalue weighted by molar-refractivity contribution is -0.123. The number of aliphatic hydroxyl groups is 1. The fourth-order valence-electron chi connectivity index (χ4n) is 4.49. The highest BCUT2D eigenvalue weighted by atomic mass is 16.6. The summed E-state index contributed by atoms with van der Waals surface area (Å²) in [5.41, 5.74) is 1.37. The van der Waals surface area contributed by atoms with Crippen molar-refractivity contribution in [3.05, 3.63) is 53.6 Å². The van der Waals surface area contributed by atoms with Crippen molar-refractivity contribution in [2.24, 2.45) is 0 Å². The fourth-order valence-corrected chi connectivity index (χ4v) is 4.49. The van der Waals surface area contributed by atoms with Crippen LogP contribution in [0.3, 0.4) is 0 Å². The highest BCUT2D eigenvalue weighted by molar-refractivity contribution is 5.96. The molecule has 4 rings (SSSR count). The van der Waals surface area contributed by atoms with Crippen LogP contribution in [0.5, 0.6) is 17.2 Å². The van der Waals surface area contributed by atoms with Crippen molar-refractivity contribution in [3.8, 4) is 17.2 Å². The number of carbonyl (C=O) groups excluding carboxylic acids is 2. The Morgan fingerprint density at radius 3 is 2.38 bits per heavy atom. The summed E-state index contributed by atoms with van der Waals surface area (Å²) in [6.07, 6.45) is 3.31. The first kappa shape index (κ1) is 28.5. The Morgan fingerprint density at radius 2 is 1.70 bits per heavy atom. The van der Waals surface area contributed by atoms with E-state index in [2.05, 4.69) is 10.2 Å². The highest BCUT2D eigenvalue weighted by Gasteiger charge is 2.28. The van der Waals surface area contributed by atoms with Gasteiger partial charge in [0.25, 0.3) is 0 Å². The molecule has 2 atom stereocenters. The molecule has 1 fully saturated rings. The lowest BCUT2D eigenvalue weighted by Crippen LogP contribution is -2.50. The lowest BCUT2D eigenvalue weighted by atomic mass is 9.99. The topological polar surface area (TPSA) is 97.3 Å². The molecular weight excluding hydrogens is 472 g/mol. The van der Waals surface area contributed by atoms with E-state index in [0.29, 0.717) is 61.6 Å². The molecule has 0 bridgehead atoms. The zero-order valence-electron chi connectivity index (χ0n) is 20.9. The van der Waals surface area contributed by atoms with Crippen LogP contribution in [0.15, 0.2) is 42.5 Å². The largest absolute Gasteiger partial charge is 0.497 e. The van der Waals surface area contributed by atoms with Crippen LogP contribution >= 0.6 is 0 Å². The molecule has 0 unspecified atom stereocenters. The number of hydrogen-bond acceptors (Lipinski definition) is 7. The first-order valence-electron chi connectivity index (χ1n) is 12.8. The minimum Gasteiger partial charge on any atom is -0.497 e. The second-order valence-electron chi connectivity index (χ2n) is 9.39. The molecule has 8 nitrogen and oxygen atoms in total. The Bertz CT molecular complexity index is 1020. The molecule has 0 aliphatic carbocycles. The summed E-state index contributed by atoms with van der Waals surface area (Å²) in [4.78, 5) is 27.3. The van der Waals surface area contributed by atoms with Gasteiger partial charge < -0.3 is 29.5 Å². The number of fused-ring (bicyclic) bond motifs is 1. The van der Waals surface area contributed by atoms with E-state index in [1.807, 2.05) is 12.1 Å². The number of ketones is 1. The van der Waals surface area contributed by atoms with E-state index < -0.39 is 12.1 Å². The van der Waals surface area contributed by atoms with Gasteiger partial charge in [0.1, 0.15) is 25.1 Å². The molecule has 1 amide bonds. The molecule has 2 aromatic carbocycles. The molecule has 0 radical (unpaired) electrons. The molecule has 8 heteroatoms. The average Bonchev–Trinajstić information content (AvgIpc) is 2.89. The molecule has 37 heavy (non-hydrogen) atoms.